The maximum atomic E-state index is 12.2. The van der Waals surface area contributed by atoms with Gasteiger partial charge in [0.1, 0.15) is 17.6 Å². The Morgan fingerprint density at radius 1 is 1.27 bits per heavy atom. The number of aryl methyl sites for hydroxylation is 1. The van der Waals surface area contributed by atoms with Crippen molar-refractivity contribution >= 4 is 17.6 Å². The number of nitrogens with one attached hydrogen (secondary N) is 2. The molecule has 0 saturated heterocycles. The number of nitrogens with zero attached hydrogens (tertiary/aromatic N) is 7. The van der Waals surface area contributed by atoms with Gasteiger partial charge in [0.2, 0.25) is 11.9 Å². The fourth-order valence-electron chi connectivity index (χ4n) is 4.88. The van der Waals surface area contributed by atoms with Gasteiger partial charge in [-0.05, 0) is 59.2 Å². The van der Waals surface area contributed by atoms with Crippen LogP contribution in [-0.2, 0) is 10.2 Å². The predicted molar refractivity (Wildman–Crippen MR) is 141 cm³/mol. The number of ether oxygens (including phenoxy) is 1. The Hall–Kier alpha value is -3.64. The number of rotatable bonds is 9. The van der Waals surface area contributed by atoms with Gasteiger partial charge in [-0.25, -0.2) is 9.97 Å². The van der Waals surface area contributed by atoms with Gasteiger partial charge in [-0.3, -0.25) is 15.1 Å². The van der Waals surface area contributed by atoms with E-state index in [4.69, 9.17) is 9.72 Å². The van der Waals surface area contributed by atoms with Gasteiger partial charge >= 0.3 is 0 Å². The quantitative estimate of drug-likeness (QED) is 0.381. The second-order valence-electron chi connectivity index (χ2n) is 10.4. The number of pyridine rings is 1. The monoisotopic (exact) mass is 509 g/mol. The van der Waals surface area contributed by atoms with Crippen LogP contribution in [0.5, 0.6) is 0 Å². The molecule has 3 heterocycles. The molecule has 0 saturated carbocycles. The van der Waals surface area contributed by atoms with Crippen LogP contribution < -0.4 is 15.5 Å². The summed E-state index contributed by atoms with van der Waals surface area (Å²) >= 11 is 0. The average Bonchev–Trinajstić information content (AvgIpc) is 3.13. The van der Waals surface area contributed by atoms with Gasteiger partial charge in [0.15, 0.2) is 0 Å². The zero-order valence-corrected chi connectivity index (χ0v) is 22.4. The summed E-state index contributed by atoms with van der Waals surface area (Å²) < 4.78 is 5.65. The van der Waals surface area contributed by atoms with Crippen LogP contribution in [-0.4, -0.2) is 82.7 Å². The largest absolute Gasteiger partial charge is 0.495 e. The zero-order valence-electron chi connectivity index (χ0n) is 22.4. The van der Waals surface area contributed by atoms with Gasteiger partial charge in [0.05, 0.1) is 24.2 Å². The molecule has 0 aromatic carbocycles. The fraction of sp³-hybridized carbons (Fsp3) is 0.520. The molecule has 198 valence electrons. The minimum Gasteiger partial charge on any atom is -0.495 e. The van der Waals surface area contributed by atoms with Crippen LogP contribution in [0.3, 0.4) is 0 Å². The number of hydrogen-bond acceptors (Lipinski definition) is 11. The maximum absolute atomic E-state index is 12.2. The minimum absolute atomic E-state index is 0.179. The minimum atomic E-state index is -1.03. The molecule has 0 bridgehead atoms. The number of hydrogen-bond donors (Lipinski definition) is 2. The number of likely N-dealkylation sites (N-methyl/N-ethyl adjacent to an activating group) is 1. The summed E-state index contributed by atoms with van der Waals surface area (Å²) in [6.07, 6.45) is 5.29. The molecule has 2 aromatic heterocycles. The predicted octanol–water partition coefficient (Wildman–Crippen LogP) is 2.40. The van der Waals surface area contributed by atoms with Crippen LogP contribution in [0.15, 0.2) is 42.1 Å². The molecule has 2 unspecified atom stereocenters. The van der Waals surface area contributed by atoms with Crippen molar-refractivity contribution in [3.05, 3.63) is 63.6 Å². The van der Waals surface area contributed by atoms with Gasteiger partial charge in [0.25, 0.3) is 6.04 Å². The number of aromatic nitrogens is 4. The Morgan fingerprint density at radius 2 is 2.03 bits per heavy atom. The lowest BCUT2D eigenvalue weighted by atomic mass is 9.82. The molecule has 2 atom stereocenters. The molecule has 12 nitrogen and oxygen atoms in total. The van der Waals surface area contributed by atoms with Crippen molar-refractivity contribution < 1.29 is 9.66 Å². The fourth-order valence-corrected chi connectivity index (χ4v) is 4.88. The van der Waals surface area contributed by atoms with E-state index in [1.165, 1.54) is 13.4 Å². The van der Waals surface area contributed by atoms with Gasteiger partial charge < -0.3 is 25.2 Å². The Kier molecular flexibility index (Phi) is 7.16. The third-order valence-electron chi connectivity index (χ3n) is 6.94. The first kappa shape index (κ1) is 26.4. The van der Waals surface area contributed by atoms with E-state index in [-0.39, 0.29) is 16.3 Å². The van der Waals surface area contributed by atoms with Crippen molar-refractivity contribution in [3.8, 4) is 0 Å². The van der Waals surface area contributed by atoms with Crippen LogP contribution in [0.4, 0.5) is 17.6 Å². The smallest absolute Gasteiger partial charge is 0.255 e. The first-order valence-electron chi connectivity index (χ1n) is 12.2. The first-order chi connectivity index (χ1) is 17.5. The SMILES string of the molecule is CNC1(CCN(C)C)C=C(OC)C(Nc2ncnc(N3CC(C)(C)c4nc(C)ccc43)n2)=CC1[N+](=O)[O-]. The summed E-state index contributed by atoms with van der Waals surface area (Å²) in [4.78, 5) is 34.0. The summed E-state index contributed by atoms with van der Waals surface area (Å²) in [6.45, 7) is 7.58. The molecule has 0 amide bonds. The van der Waals surface area contributed by atoms with Crippen molar-refractivity contribution in [2.75, 3.05) is 51.6 Å². The van der Waals surface area contributed by atoms with E-state index in [9.17, 15) is 10.1 Å². The molecule has 4 rings (SSSR count). The van der Waals surface area contributed by atoms with E-state index in [1.807, 2.05) is 43.0 Å². The highest BCUT2D eigenvalue weighted by Gasteiger charge is 2.47. The van der Waals surface area contributed by atoms with Crippen molar-refractivity contribution in [2.45, 2.75) is 44.2 Å². The molecule has 12 heteroatoms. The first-order valence-corrected chi connectivity index (χ1v) is 12.2. The van der Waals surface area contributed by atoms with Crippen molar-refractivity contribution in [3.63, 3.8) is 0 Å². The van der Waals surface area contributed by atoms with E-state index < -0.39 is 11.6 Å². The Balaban J connectivity index is 1.65. The standard InChI is InChI=1S/C25H35N9O3/c1-16-8-9-18-21(29-16)24(2,3)14-33(18)23-28-15-27-22(31-23)30-17-12-20(34(35)36)25(26-4,10-11-32(5)6)13-19(17)37-7/h8-9,12-13,15,20,26H,10-11,14H2,1-7H3,(H,27,28,30,31). The number of anilines is 3. The van der Waals surface area contributed by atoms with Crippen molar-refractivity contribution in [1.82, 2.24) is 30.2 Å². The van der Waals surface area contributed by atoms with Crippen LogP contribution >= 0.6 is 0 Å². The molecule has 0 spiro atoms. The zero-order chi connectivity index (χ0) is 27.0. The summed E-state index contributed by atoms with van der Waals surface area (Å²) in [7, 11) is 7.14. The van der Waals surface area contributed by atoms with Gasteiger partial charge in [-0.1, -0.05) is 13.8 Å². The lowest BCUT2D eigenvalue weighted by Crippen LogP contribution is -2.57. The molecule has 1 aliphatic carbocycles. The highest BCUT2D eigenvalue weighted by Crippen LogP contribution is 2.42. The lowest BCUT2D eigenvalue weighted by molar-refractivity contribution is -0.519. The van der Waals surface area contributed by atoms with Gasteiger partial charge in [0, 0.05) is 28.7 Å². The van der Waals surface area contributed by atoms with Crippen LogP contribution in [0.1, 0.15) is 31.7 Å². The molecule has 37 heavy (non-hydrogen) atoms. The van der Waals surface area contributed by atoms with E-state index >= 15 is 0 Å². The molecular weight excluding hydrogens is 474 g/mol. The van der Waals surface area contributed by atoms with Crippen LogP contribution in [0.2, 0.25) is 0 Å². The normalized spacial score (nSPS) is 22.4. The molecule has 1 aliphatic heterocycles. The van der Waals surface area contributed by atoms with E-state index in [2.05, 4.69) is 39.4 Å². The maximum Gasteiger partial charge on any atom is 0.255 e. The molecule has 0 radical (unpaired) electrons. The van der Waals surface area contributed by atoms with Gasteiger partial charge in [-0.15, -0.1) is 0 Å². The number of methoxy groups -OCH3 is 1. The molecule has 0 fully saturated rings. The Labute approximate surface area is 217 Å². The van der Waals surface area contributed by atoms with Crippen molar-refractivity contribution in [1.29, 1.82) is 0 Å². The molecule has 2 N–H and O–H groups in total. The third kappa shape index (κ3) is 5.12. The molecule has 2 aromatic rings. The number of nitro groups is 1. The Morgan fingerprint density at radius 3 is 2.68 bits per heavy atom. The van der Waals surface area contributed by atoms with E-state index in [0.29, 0.717) is 36.9 Å². The lowest BCUT2D eigenvalue weighted by Gasteiger charge is -2.36. The molecule has 2 aliphatic rings. The number of fused-ring (bicyclic) bond motifs is 1. The summed E-state index contributed by atoms with van der Waals surface area (Å²) in [6, 6.07) is 2.98. The third-order valence-corrected chi connectivity index (χ3v) is 6.94. The second kappa shape index (κ2) is 10.0. The average molecular weight is 510 g/mol. The topological polar surface area (TPSA) is 134 Å². The molecular formula is C25H35N9O3. The van der Waals surface area contributed by atoms with Crippen LogP contribution in [0.25, 0.3) is 0 Å². The second-order valence-corrected chi connectivity index (χ2v) is 10.4. The summed E-state index contributed by atoms with van der Waals surface area (Å²) in [5.41, 5.74) is 2.24. The highest BCUT2D eigenvalue weighted by atomic mass is 16.6. The van der Waals surface area contributed by atoms with E-state index in [1.54, 1.807) is 19.2 Å². The van der Waals surface area contributed by atoms with Crippen LogP contribution in [0, 0.1) is 17.0 Å². The van der Waals surface area contributed by atoms with Crippen molar-refractivity contribution in [2.24, 2.45) is 0 Å². The summed E-state index contributed by atoms with van der Waals surface area (Å²) in [5, 5.41) is 18.5. The van der Waals surface area contributed by atoms with E-state index in [0.717, 1.165) is 17.1 Å². The van der Waals surface area contributed by atoms with Gasteiger partial charge in [-0.2, -0.15) is 4.98 Å². The Bertz CT molecular complexity index is 1240. The highest BCUT2D eigenvalue weighted by molar-refractivity contribution is 5.67. The summed E-state index contributed by atoms with van der Waals surface area (Å²) in [5.74, 6) is 1.20.